The Bertz CT molecular complexity index is 1110. The molecule has 2 heterocycles. The SMILES string of the molecule is CC1COc2cc(Cl)ccc2N1C(=O)c1nn(-c2ccc(F)cc2)ccc1=O. The van der Waals surface area contributed by atoms with Crippen molar-refractivity contribution in [2.45, 2.75) is 13.0 Å². The van der Waals surface area contributed by atoms with Gasteiger partial charge in [-0.2, -0.15) is 5.10 Å². The van der Waals surface area contributed by atoms with E-state index in [0.29, 0.717) is 22.1 Å². The van der Waals surface area contributed by atoms with E-state index >= 15 is 0 Å². The molecule has 0 bridgehead atoms. The number of hydrogen-bond donors (Lipinski definition) is 0. The lowest BCUT2D eigenvalue weighted by atomic mass is 10.1. The van der Waals surface area contributed by atoms with Gasteiger partial charge in [0.2, 0.25) is 5.43 Å². The highest BCUT2D eigenvalue weighted by Gasteiger charge is 2.32. The minimum absolute atomic E-state index is 0.235. The van der Waals surface area contributed by atoms with Crippen LogP contribution >= 0.6 is 11.6 Å². The fourth-order valence-electron chi connectivity index (χ4n) is 3.04. The number of amides is 1. The first-order chi connectivity index (χ1) is 13.4. The van der Waals surface area contributed by atoms with Crippen LogP contribution < -0.4 is 15.1 Å². The summed E-state index contributed by atoms with van der Waals surface area (Å²) in [5.74, 6) is -0.465. The van der Waals surface area contributed by atoms with Gasteiger partial charge >= 0.3 is 0 Å². The molecule has 1 atom stereocenters. The predicted octanol–water partition coefficient (Wildman–Crippen LogP) is 3.45. The molecule has 1 unspecified atom stereocenters. The summed E-state index contributed by atoms with van der Waals surface area (Å²) in [6.07, 6.45) is 1.43. The second-order valence-electron chi connectivity index (χ2n) is 6.40. The first kappa shape index (κ1) is 18.2. The van der Waals surface area contributed by atoms with E-state index in [1.807, 2.05) is 6.92 Å². The van der Waals surface area contributed by atoms with Gasteiger partial charge in [-0.1, -0.05) is 11.6 Å². The standard InChI is InChI=1S/C20H15ClFN3O3/c1-12-11-28-18-10-13(21)2-7-16(18)25(12)20(27)19-17(26)8-9-24(23-19)15-5-3-14(22)4-6-15/h2-10,12H,11H2,1H3. The number of ether oxygens (including phenoxy) is 1. The Hall–Kier alpha value is -3.19. The van der Waals surface area contributed by atoms with Crippen LogP contribution in [0.5, 0.6) is 5.75 Å². The summed E-state index contributed by atoms with van der Waals surface area (Å²) in [5.41, 5.74) is 0.309. The average molecular weight is 400 g/mol. The van der Waals surface area contributed by atoms with Crippen molar-refractivity contribution in [3.63, 3.8) is 0 Å². The molecule has 3 aromatic rings. The Morgan fingerprint density at radius 1 is 1.21 bits per heavy atom. The van der Waals surface area contributed by atoms with Crippen molar-refractivity contribution in [2.24, 2.45) is 0 Å². The Labute approximate surface area is 164 Å². The molecule has 0 radical (unpaired) electrons. The van der Waals surface area contributed by atoms with Gasteiger partial charge in [0.15, 0.2) is 5.69 Å². The van der Waals surface area contributed by atoms with Crippen LogP contribution in [0.1, 0.15) is 17.4 Å². The largest absolute Gasteiger partial charge is 0.489 e. The van der Waals surface area contributed by atoms with Crippen molar-refractivity contribution in [1.29, 1.82) is 0 Å². The van der Waals surface area contributed by atoms with Crippen molar-refractivity contribution >= 4 is 23.2 Å². The lowest BCUT2D eigenvalue weighted by Gasteiger charge is -2.34. The van der Waals surface area contributed by atoms with Crippen molar-refractivity contribution in [3.05, 3.63) is 81.5 Å². The zero-order valence-electron chi connectivity index (χ0n) is 14.8. The Morgan fingerprint density at radius 3 is 2.71 bits per heavy atom. The fraction of sp³-hybridized carbons (Fsp3) is 0.150. The quantitative estimate of drug-likeness (QED) is 0.662. The van der Waals surface area contributed by atoms with Crippen molar-refractivity contribution < 1.29 is 13.9 Å². The van der Waals surface area contributed by atoms with Crippen LogP contribution in [0.3, 0.4) is 0 Å². The Kier molecular flexibility index (Phi) is 4.60. The van der Waals surface area contributed by atoms with Crippen LogP contribution in [-0.2, 0) is 0 Å². The van der Waals surface area contributed by atoms with E-state index in [0.717, 1.165) is 0 Å². The molecule has 1 aromatic heterocycles. The van der Waals surface area contributed by atoms with Gasteiger partial charge in [-0.3, -0.25) is 14.5 Å². The average Bonchev–Trinajstić information content (AvgIpc) is 2.69. The maximum atomic E-state index is 13.2. The normalized spacial score (nSPS) is 15.7. The third-order valence-corrected chi connectivity index (χ3v) is 4.66. The zero-order valence-corrected chi connectivity index (χ0v) is 15.6. The van der Waals surface area contributed by atoms with Crippen LogP contribution in [0.25, 0.3) is 5.69 Å². The first-order valence-electron chi connectivity index (χ1n) is 8.56. The summed E-state index contributed by atoms with van der Waals surface area (Å²) in [5, 5.41) is 4.68. The van der Waals surface area contributed by atoms with Gasteiger partial charge in [0.25, 0.3) is 5.91 Å². The smallest absolute Gasteiger partial charge is 0.283 e. The summed E-state index contributed by atoms with van der Waals surface area (Å²) >= 11 is 6.01. The number of nitrogens with zero attached hydrogens (tertiary/aromatic N) is 3. The monoisotopic (exact) mass is 399 g/mol. The van der Waals surface area contributed by atoms with Gasteiger partial charge in [-0.25, -0.2) is 9.07 Å². The number of hydrogen-bond acceptors (Lipinski definition) is 4. The van der Waals surface area contributed by atoms with Gasteiger partial charge < -0.3 is 4.74 Å². The molecule has 142 valence electrons. The number of carbonyl (C=O) groups excluding carboxylic acids is 1. The molecule has 2 aromatic carbocycles. The number of halogens is 2. The summed E-state index contributed by atoms with van der Waals surface area (Å²) in [4.78, 5) is 27.1. The van der Waals surface area contributed by atoms with Gasteiger partial charge in [0, 0.05) is 23.4 Å². The molecule has 4 rings (SSSR count). The third-order valence-electron chi connectivity index (χ3n) is 4.42. The summed E-state index contributed by atoms with van der Waals surface area (Å²) in [6.45, 7) is 2.08. The molecule has 8 heteroatoms. The highest BCUT2D eigenvalue weighted by Crippen LogP contribution is 2.36. The molecule has 0 spiro atoms. The molecule has 0 saturated carbocycles. The minimum Gasteiger partial charge on any atom is -0.489 e. The number of rotatable bonds is 2. The van der Waals surface area contributed by atoms with Crippen LogP contribution in [0.2, 0.25) is 5.02 Å². The van der Waals surface area contributed by atoms with Gasteiger partial charge in [0.1, 0.15) is 18.2 Å². The molecule has 1 aliphatic rings. The lowest BCUT2D eigenvalue weighted by Crippen LogP contribution is -2.47. The van der Waals surface area contributed by atoms with E-state index < -0.39 is 17.2 Å². The Morgan fingerprint density at radius 2 is 1.96 bits per heavy atom. The number of fused-ring (bicyclic) bond motifs is 1. The molecular formula is C20H15ClFN3O3. The van der Waals surface area contributed by atoms with Gasteiger partial charge in [-0.05, 0) is 43.3 Å². The number of anilines is 1. The van der Waals surface area contributed by atoms with Crippen LogP contribution in [0, 0.1) is 5.82 Å². The molecule has 6 nitrogen and oxygen atoms in total. The third kappa shape index (κ3) is 3.25. The molecule has 0 saturated heterocycles. The second-order valence-corrected chi connectivity index (χ2v) is 6.83. The van der Waals surface area contributed by atoms with Gasteiger partial charge in [-0.15, -0.1) is 0 Å². The first-order valence-corrected chi connectivity index (χ1v) is 8.93. The predicted molar refractivity (Wildman–Crippen MR) is 103 cm³/mol. The maximum Gasteiger partial charge on any atom is 0.283 e. The molecule has 0 fully saturated rings. The fourth-order valence-corrected chi connectivity index (χ4v) is 3.20. The van der Waals surface area contributed by atoms with E-state index in [2.05, 4.69) is 5.10 Å². The van der Waals surface area contributed by atoms with Crippen molar-refractivity contribution in [2.75, 3.05) is 11.5 Å². The van der Waals surface area contributed by atoms with Crippen molar-refractivity contribution in [1.82, 2.24) is 9.78 Å². The van der Waals surface area contributed by atoms with E-state index in [9.17, 15) is 14.0 Å². The Balaban J connectivity index is 1.77. The van der Waals surface area contributed by atoms with Crippen LogP contribution in [-0.4, -0.2) is 28.3 Å². The topological polar surface area (TPSA) is 64.4 Å². The highest BCUT2D eigenvalue weighted by molar-refractivity contribution is 6.30. The summed E-state index contributed by atoms with van der Waals surface area (Å²) in [7, 11) is 0. The zero-order chi connectivity index (χ0) is 19.8. The molecule has 0 aliphatic carbocycles. The van der Waals surface area contributed by atoms with E-state index in [-0.39, 0.29) is 18.3 Å². The van der Waals surface area contributed by atoms with E-state index in [1.165, 1.54) is 46.1 Å². The highest BCUT2D eigenvalue weighted by atomic mass is 35.5. The van der Waals surface area contributed by atoms with Crippen molar-refractivity contribution in [3.8, 4) is 11.4 Å². The molecule has 1 amide bonds. The minimum atomic E-state index is -0.541. The number of carbonyl (C=O) groups is 1. The lowest BCUT2D eigenvalue weighted by molar-refractivity contribution is 0.0953. The number of aromatic nitrogens is 2. The number of benzene rings is 2. The summed E-state index contributed by atoms with van der Waals surface area (Å²) in [6, 6.07) is 11.5. The van der Waals surface area contributed by atoms with Gasteiger partial charge in [0.05, 0.1) is 17.4 Å². The molecule has 0 N–H and O–H groups in total. The maximum absolute atomic E-state index is 13.2. The molecule has 28 heavy (non-hydrogen) atoms. The van der Waals surface area contributed by atoms with E-state index in [1.54, 1.807) is 18.2 Å². The van der Waals surface area contributed by atoms with Crippen LogP contribution in [0.15, 0.2) is 59.5 Å². The van der Waals surface area contributed by atoms with E-state index in [4.69, 9.17) is 16.3 Å². The molecular weight excluding hydrogens is 385 g/mol. The molecule has 1 aliphatic heterocycles. The second kappa shape index (κ2) is 7.09. The summed E-state index contributed by atoms with van der Waals surface area (Å²) < 4.78 is 20.2. The van der Waals surface area contributed by atoms with Crippen LogP contribution in [0.4, 0.5) is 10.1 Å².